The Hall–Kier alpha value is -0.170. The van der Waals surface area contributed by atoms with Gasteiger partial charge in [0.2, 0.25) is 0 Å². The quantitative estimate of drug-likeness (QED) is 0.565. The van der Waals surface area contributed by atoms with Crippen molar-refractivity contribution in [3.05, 3.63) is 4.72 Å². The lowest BCUT2D eigenvalue weighted by Gasteiger charge is -2.39. The summed E-state index contributed by atoms with van der Waals surface area (Å²) in [5, 5.41) is 18.0. The molecule has 0 rings (SSSR count). The van der Waals surface area contributed by atoms with E-state index in [0.29, 0.717) is 6.42 Å². The first-order chi connectivity index (χ1) is 8.39. The number of nitrogens with zero attached hydrogens (tertiary/aromatic N) is 1. The van der Waals surface area contributed by atoms with Gasteiger partial charge in [-0.05, 0) is 6.42 Å². The molecule has 0 aliphatic rings. The van der Waals surface area contributed by atoms with Gasteiger partial charge in [0, 0.05) is 19.0 Å². The highest BCUT2D eigenvalue weighted by atomic mass is 32.2. The first-order valence-electron chi connectivity index (χ1n) is 6.57. The van der Waals surface area contributed by atoms with Crippen molar-refractivity contribution in [2.45, 2.75) is 57.9 Å². The van der Waals surface area contributed by atoms with Gasteiger partial charge in [0.1, 0.15) is 0 Å². The number of sulfonamides is 1. The maximum absolute atomic E-state index is 11.7. The molecule has 0 radical (unpaired) electrons. The third kappa shape index (κ3) is 8.02. The SMILES string of the molecule is CCCCCCCCS(=O)(=O)[N-]C(C)(CO)CO. The van der Waals surface area contributed by atoms with Crippen molar-refractivity contribution in [2.75, 3.05) is 19.0 Å². The number of rotatable bonds is 11. The molecule has 18 heavy (non-hydrogen) atoms. The van der Waals surface area contributed by atoms with Crippen LogP contribution in [-0.2, 0) is 10.0 Å². The van der Waals surface area contributed by atoms with Crippen LogP contribution in [0.5, 0.6) is 0 Å². The fraction of sp³-hybridized carbons (Fsp3) is 1.00. The predicted octanol–water partition coefficient (Wildman–Crippen LogP) is 1.79. The van der Waals surface area contributed by atoms with E-state index in [-0.39, 0.29) is 5.75 Å². The number of aliphatic hydroxyl groups is 2. The molecule has 0 amide bonds. The van der Waals surface area contributed by atoms with Crippen LogP contribution < -0.4 is 0 Å². The second-order valence-corrected chi connectivity index (χ2v) is 6.71. The third-order valence-electron chi connectivity index (χ3n) is 2.80. The van der Waals surface area contributed by atoms with Gasteiger partial charge in [0.05, 0.1) is 10.0 Å². The normalized spacial score (nSPS) is 12.9. The third-order valence-corrected chi connectivity index (χ3v) is 4.32. The lowest BCUT2D eigenvalue weighted by atomic mass is 10.1. The number of hydrogen-bond acceptors (Lipinski definition) is 4. The molecule has 0 atom stereocenters. The van der Waals surface area contributed by atoms with Crippen molar-refractivity contribution in [1.29, 1.82) is 0 Å². The molecule has 0 aromatic carbocycles. The van der Waals surface area contributed by atoms with Crippen LogP contribution in [0.4, 0.5) is 0 Å². The minimum absolute atomic E-state index is 0.00524. The summed E-state index contributed by atoms with van der Waals surface area (Å²) in [6, 6.07) is 0. The Morgan fingerprint density at radius 1 is 1.00 bits per heavy atom. The molecule has 0 aliphatic carbocycles. The van der Waals surface area contributed by atoms with Crippen LogP contribution in [0.15, 0.2) is 0 Å². The van der Waals surface area contributed by atoms with E-state index in [1.807, 2.05) is 0 Å². The fourth-order valence-corrected chi connectivity index (χ4v) is 3.00. The molecule has 0 heterocycles. The Bertz CT molecular complexity index is 299. The average molecular weight is 280 g/mol. The largest absolute Gasteiger partial charge is 0.540 e. The maximum atomic E-state index is 11.7. The topological polar surface area (TPSA) is 88.7 Å². The summed E-state index contributed by atoms with van der Waals surface area (Å²) in [5.74, 6) is -0.00524. The summed E-state index contributed by atoms with van der Waals surface area (Å²) in [6.45, 7) is 2.61. The number of unbranched alkanes of at least 4 members (excludes halogenated alkanes) is 5. The van der Waals surface area contributed by atoms with Crippen LogP contribution in [0.3, 0.4) is 0 Å². The van der Waals surface area contributed by atoms with Gasteiger partial charge in [-0.25, -0.2) is 8.42 Å². The van der Waals surface area contributed by atoms with E-state index < -0.39 is 28.8 Å². The highest BCUT2D eigenvalue weighted by Crippen LogP contribution is 2.21. The van der Waals surface area contributed by atoms with Gasteiger partial charge >= 0.3 is 0 Å². The Balaban J connectivity index is 3.94. The first kappa shape index (κ1) is 17.8. The standard InChI is InChI=1S/C12H26NO4S/c1-3-4-5-6-7-8-9-18(16,17)13-12(2,10-14)11-15/h14-15H,3-11H2,1-2H3/q-1. The summed E-state index contributed by atoms with van der Waals surface area (Å²) in [4.78, 5) is 0. The summed E-state index contributed by atoms with van der Waals surface area (Å²) < 4.78 is 26.9. The molecule has 2 N–H and O–H groups in total. The smallest absolute Gasteiger partial charge is 0.0726 e. The number of hydrogen-bond donors (Lipinski definition) is 2. The summed E-state index contributed by atoms with van der Waals surface area (Å²) >= 11 is 0. The van der Waals surface area contributed by atoms with Crippen molar-refractivity contribution in [2.24, 2.45) is 0 Å². The van der Waals surface area contributed by atoms with E-state index in [4.69, 9.17) is 10.2 Å². The van der Waals surface area contributed by atoms with Crippen LogP contribution in [0.2, 0.25) is 0 Å². The summed E-state index contributed by atoms with van der Waals surface area (Å²) in [6.07, 6.45) is 5.99. The molecule has 0 spiro atoms. The van der Waals surface area contributed by atoms with Crippen LogP contribution in [-0.4, -0.2) is 43.1 Å². The van der Waals surface area contributed by atoms with Gasteiger partial charge in [-0.2, -0.15) is 0 Å². The summed E-state index contributed by atoms with van der Waals surface area (Å²) in [7, 11) is -3.55. The molecule has 0 fully saturated rings. The Morgan fingerprint density at radius 3 is 2.00 bits per heavy atom. The van der Waals surface area contributed by atoms with Crippen molar-refractivity contribution >= 4 is 10.0 Å². The van der Waals surface area contributed by atoms with Gasteiger partial charge in [0.15, 0.2) is 0 Å². The molecule has 5 nitrogen and oxygen atoms in total. The molecule has 0 aliphatic heterocycles. The maximum Gasteiger partial charge on any atom is 0.0726 e. The molecule has 110 valence electrons. The van der Waals surface area contributed by atoms with Gasteiger partial charge in [-0.15, -0.1) is 0 Å². The van der Waals surface area contributed by atoms with E-state index in [1.54, 1.807) is 0 Å². The number of aliphatic hydroxyl groups excluding tert-OH is 2. The van der Waals surface area contributed by atoms with Crippen LogP contribution in [0.25, 0.3) is 4.72 Å². The van der Waals surface area contributed by atoms with Crippen LogP contribution >= 0.6 is 0 Å². The minimum Gasteiger partial charge on any atom is -0.540 e. The molecular formula is C12H26NO4S-. The average Bonchev–Trinajstić information content (AvgIpc) is 2.33. The fourth-order valence-electron chi connectivity index (χ4n) is 1.55. The van der Waals surface area contributed by atoms with Gasteiger partial charge in [0.25, 0.3) is 0 Å². The highest BCUT2D eigenvalue weighted by Gasteiger charge is 2.15. The van der Waals surface area contributed by atoms with Crippen molar-refractivity contribution < 1.29 is 18.6 Å². The van der Waals surface area contributed by atoms with E-state index in [2.05, 4.69) is 11.6 Å². The molecule has 0 unspecified atom stereocenters. The molecular weight excluding hydrogens is 254 g/mol. The van der Waals surface area contributed by atoms with Crippen molar-refractivity contribution in [3.8, 4) is 0 Å². The molecule has 0 saturated carbocycles. The van der Waals surface area contributed by atoms with Gasteiger partial charge in [-0.1, -0.05) is 51.5 Å². The Kier molecular flexibility index (Phi) is 8.77. The van der Waals surface area contributed by atoms with E-state index in [0.717, 1.165) is 19.3 Å². The predicted molar refractivity (Wildman–Crippen MR) is 73.1 cm³/mol. The van der Waals surface area contributed by atoms with Crippen LogP contribution in [0, 0.1) is 0 Å². The van der Waals surface area contributed by atoms with E-state index in [9.17, 15) is 8.42 Å². The molecule has 0 aromatic heterocycles. The van der Waals surface area contributed by atoms with E-state index >= 15 is 0 Å². The molecule has 0 bridgehead atoms. The van der Waals surface area contributed by atoms with Gasteiger partial charge < -0.3 is 14.9 Å². The summed E-state index contributed by atoms with van der Waals surface area (Å²) in [5.41, 5.74) is -1.29. The first-order valence-corrected chi connectivity index (χ1v) is 8.18. The zero-order valence-electron chi connectivity index (χ0n) is 11.4. The molecule has 0 saturated heterocycles. The highest BCUT2D eigenvalue weighted by molar-refractivity contribution is 7.94. The Morgan fingerprint density at radius 2 is 1.50 bits per heavy atom. The second-order valence-electron chi connectivity index (χ2n) is 4.96. The molecule has 0 aromatic rings. The van der Waals surface area contributed by atoms with Gasteiger partial charge in [-0.3, -0.25) is 0 Å². The van der Waals surface area contributed by atoms with Crippen LogP contribution in [0.1, 0.15) is 52.4 Å². The Labute approximate surface area is 111 Å². The minimum atomic E-state index is -3.55. The monoisotopic (exact) mass is 280 g/mol. The zero-order valence-corrected chi connectivity index (χ0v) is 12.2. The van der Waals surface area contributed by atoms with Crippen molar-refractivity contribution in [1.82, 2.24) is 0 Å². The zero-order chi connectivity index (χ0) is 14.1. The molecule has 6 heteroatoms. The van der Waals surface area contributed by atoms with E-state index in [1.165, 1.54) is 19.8 Å². The lowest BCUT2D eigenvalue weighted by Crippen LogP contribution is -2.35. The van der Waals surface area contributed by atoms with Crippen molar-refractivity contribution in [3.63, 3.8) is 0 Å². The lowest BCUT2D eigenvalue weighted by molar-refractivity contribution is 0.156. The second kappa shape index (κ2) is 8.85.